The molecule has 6 nitrogen and oxygen atoms in total. The van der Waals surface area contributed by atoms with Gasteiger partial charge in [-0.3, -0.25) is 10.1 Å². The second-order valence-electron chi connectivity index (χ2n) is 8.61. The van der Waals surface area contributed by atoms with Crippen LogP contribution in [0.1, 0.15) is 51.0 Å². The van der Waals surface area contributed by atoms with E-state index < -0.39 is 24.0 Å². The maximum atomic E-state index is 12.4. The van der Waals surface area contributed by atoms with E-state index in [1.165, 1.54) is 43.6 Å². The van der Waals surface area contributed by atoms with Crippen LogP contribution in [0.3, 0.4) is 0 Å². The van der Waals surface area contributed by atoms with Gasteiger partial charge in [-0.25, -0.2) is 9.59 Å². The third kappa shape index (κ3) is 4.29. The number of imide groups is 1. The second kappa shape index (κ2) is 7.70. The first-order valence-corrected chi connectivity index (χ1v) is 10.9. The van der Waals surface area contributed by atoms with Crippen molar-refractivity contribution in [3.8, 4) is 0 Å². The smallest absolute Gasteiger partial charge is 0.331 e. The van der Waals surface area contributed by atoms with E-state index in [4.69, 9.17) is 4.74 Å². The van der Waals surface area contributed by atoms with Gasteiger partial charge < -0.3 is 10.1 Å². The SMILES string of the molecule is C[C@H](OC(=O)/C=C/c1ccsc1)C(=O)NC(=O)NC12CC3CC(CC(C3)C1)C2. The summed E-state index contributed by atoms with van der Waals surface area (Å²) < 4.78 is 5.09. The first-order valence-electron chi connectivity index (χ1n) is 9.95. The minimum Gasteiger partial charge on any atom is -0.449 e. The molecule has 0 aliphatic heterocycles. The Balaban J connectivity index is 1.26. The zero-order valence-electron chi connectivity index (χ0n) is 16.0. The van der Waals surface area contributed by atoms with E-state index in [0.717, 1.165) is 24.8 Å². The van der Waals surface area contributed by atoms with E-state index in [1.54, 1.807) is 6.08 Å². The lowest BCUT2D eigenvalue weighted by molar-refractivity contribution is -0.149. The molecule has 1 aromatic rings. The third-order valence-electron chi connectivity index (χ3n) is 6.27. The fourth-order valence-corrected chi connectivity index (χ4v) is 6.18. The summed E-state index contributed by atoms with van der Waals surface area (Å²) in [6.45, 7) is 1.46. The van der Waals surface area contributed by atoms with E-state index in [2.05, 4.69) is 10.6 Å². The van der Waals surface area contributed by atoms with Crippen LogP contribution in [0.15, 0.2) is 22.9 Å². The van der Waals surface area contributed by atoms with E-state index in [1.807, 2.05) is 16.8 Å². The Bertz CT molecular complexity index is 751. The highest BCUT2D eigenvalue weighted by Gasteiger charge is 2.51. The summed E-state index contributed by atoms with van der Waals surface area (Å²) in [5.41, 5.74) is 0.733. The van der Waals surface area contributed by atoms with Crippen LogP contribution >= 0.6 is 11.3 Å². The highest BCUT2D eigenvalue weighted by molar-refractivity contribution is 7.08. The zero-order chi connectivity index (χ0) is 19.7. The molecule has 0 aromatic carbocycles. The number of thiophene rings is 1. The maximum absolute atomic E-state index is 12.4. The summed E-state index contributed by atoms with van der Waals surface area (Å²) in [7, 11) is 0. The van der Waals surface area contributed by atoms with Gasteiger partial charge >= 0.3 is 12.0 Å². The fourth-order valence-electron chi connectivity index (χ4n) is 5.55. The molecule has 7 heteroatoms. The van der Waals surface area contributed by atoms with Gasteiger partial charge in [-0.05, 0) is 91.7 Å². The van der Waals surface area contributed by atoms with Crippen LogP contribution in [0, 0.1) is 17.8 Å². The molecular weight excluding hydrogens is 376 g/mol. The summed E-state index contributed by atoms with van der Waals surface area (Å²) in [5, 5.41) is 9.23. The van der Waals surface area contributed by atoms with Gasteiger partial charge in [-0.1, -0.05) is 0 Å². The number of ether oxygens (including phenoxy) is 1. The Morgan fingerprint density at radius 3 is 2.39 bits per heavy atom. The number of hydrogen-bond donors (Lipinski definition) is 2. The molecule has 1 aromatic heterocycles. The predicted octanol–water partition coefficient (Wildman–Crippen LogP) is 3.49. The lowest BCUT2D eigenvalue weighted by Crippen LogP contribution is -2.62. The Hall–Kier alpha value is -2.15. The molecule has 5 rings (SSSR count). The third-order valence-corrected chi connectivity index (χ3v) is 6.97. The van der Waals surface area contributed by atoms with Gasteiger partial charge in [0.15, 0.2) is 6.10 Å². The first kappa shape index (κ1) is 19.2. The predicted molar refractivity (Wildman–Crippen MR) is 106 cm³/mol. The molecular formula is C21H26N2O4S. The first-order chi connectivity index (χ1) is 13.4. The second-order valence-corrected chi connectivity index (χ2v) is 9.39. The molecule has 4 aliphatic carbocycles. The number of rotatable bonds is 5. The van der Waals surface area contributed by atoms with Gasteiger partial charge in [-0.2, -0.15) is 11.3 Å². The lowest BCUT2D eigenvalue weighted by Gasteiger charge is -2.56. The van der Waals surface area contributed by atoms with Crippen molar-refractivity contribution in [3.05, 3.63) is 28.5 Å². The summed E-state index contributed by atoms with van der Waals surface area (Å²) in [6.07, 6.45) is 8.76. The number of esters is 1. The van der Waals surface area contributed by atoms with Crippen LogP contribution in [0.25, 0.3) is 6.08 Å². The van der Waals surface area contributed by atoms with Gasteiger partial charge in [0.05, 0.1) is 0 Å². The fraction of sp³-hybridized carbons (Fsp3) is 0.571. The average molecular weight is 403 g/mol. The minimum absolute atomic E-state index is 0.164. The van der Waals surface area contributed by atoms with E-state index in [-0.39, 0.29) is 5.54 Å². The van der Waals surface area contributed by atoms with Crippen LogP contribution in [0.5, 0.6) is 0 Å². The van der Waals surface area contributed by atoms with Gasteiger partial charge in [0.25, 0.3) is 5.91 Å². The molecule has 28 heavy (non-hydrogen) atoms. The number of carbonyl (C=O) groups excluding carboxylic acids is 3. The molecule has 4 saturated carbocycles. The molecule has 3 amide bonds. The van der Waals surface area contributed by atoms with Crippen LogP contribution in [0.4, 0.5) is 4.79 Å². The van der Waals surface area contributed by atoms with Crippen molar-refractivity contribution in [3.63, 3.8) is 0 Å². The molecule has 4 bridgehead atoms. The molecule has 150 valence electrons. The van der Waals surface area contributed by atoms with Crippen LogP contribution in [-0.4, -0.2) is 29.6 Å². The standard InChI is InChI=1S/C21H26N2O4S/c1-13(27-18(24)3-2-14-4-5-28-12-14)19(25)22-20(26)23-21-9-15-6-16(10-21)8-17(7-15)11-21/h2-5,12-13,15-17H,6-11H2,1H3,(H2,22,23,25,26)/b3-2+/t13-,15?,16?,17?,21?/m0/s1. The van der Waals surface area contributed by atoms with Gasteiger partial charge in [0.1, 0.15) is 0 Å². The van der Waals surface area contributed by atoms with E-state index >= 15 is 0 Å². The average Bonchev–Trinajstić information content (AvgIpc) is 3.11. The molecule has 0 unspecified atom stereocenters. The number of amides is 3. The summed E-state index contributed by atoms with van der Waals surface area (Å²) in [6, 6.07) is 1.39. The molecule has 1 atom stereocenters. The lowest BCUT2D eigenvalue weighted by atomic mass is 9.53. The van der Waals surface area contributed by atoms with Crippen LogP contribution < -0.4 is 10.6 Å². The number of nitrogens with one attached hydrogen (secondary N) is 2. The zero-order valence-corrected chi connectivity index (χ0v) is 16.8. The summed E-state index contributed by atoms with van der Waals surface area (Å²) >= 11 is 1.53. The molecule has 0 radical (unpaired) electrons. The minimum atomic E-state index is -1.04. The van der Waals surface area contributed by atoms with Crippen molar-refractivity contribution < 1.29 is 19.1 Å². The number of urea groups is 1. The van der Waals surface area contributed by atoms with Crippen molar-refractivity contribution in [2.24, 2.45) is 17.8 Å². The molecule has 4 aliphatic rings. The maximum Gasteiger partial charge on any atom is 0.331 e. The Morgan fingerprint density at radius 1 is 1.18 bits per heavy atom. The van der Waals surface area contributed by atoms with Crippen molar-refractivity contribution in [1.82, 2.24) is 10.6 Å². The topological polar surface area (TPSA) is 84.5 Å². The van der Waals surface area contributed by atoms with E-state index in [9.17, 15) is 14.4 Å². The monoisotopic (exact) mass is 402 g/mol. The number of hydrogen-bond acceptors (Lipinski definition) is 5. The van der Waals surface area contributed by atoms with Crippen molar-refractivity contribution in [1.29, 1.82) is 0 Å². The highest BCUT2D eigenvalue weighted by Crippen LogP contribution is 2.55. The molecule has 4 fully saturated rings. The molecule has 0 saturated heterocycles. The quantitative estimate of drug-likeness (QED) is 0.583. The molecule has 0 spiro atoms. The summed E-state index contributed by atoms with van der Waals surface area (Å²) in [4.78, 5) is 36.5. The van der Waals surface area contributed by atoms with Crippen molar-refractivity contribution >= 4 is 35.3 Å². The van der Waals surface area contributed by atoms with Crippen molar-refractivity contribution in [2.75, 3.05) is 0 Å². The number of carbonyl (C=O) groups is 3. The van der Waals surface area contributed by atoms with Crippen LogP contribution in [0.2, 0.25) is 0 Å². The Morgan fingerprint density at radius 2 is 1.82 bits per heavy atom. The molecule has 1 heterocycles. The van der Waals surface area contributed by atoms with Crippen LogP contribution in [-0.2, 0) is 14.3 Å². The summed E-state index contributed by atoms with van der Waals surface area (Å²) in [5.74, 6) is 0.890. The van der Waals surface area contributed by atoms with Gasteiger partial charge in [0.2, 0.25) is 0 Å². The normalized spacial score (nSPS) is 31.5. The Labute approximate surface area is 168 Å². The molecule has 2 N–H and O–H groups in total. The largest absolute Gasteiger partial charge is 0.449 e. The van der Waals surface area contributed by atoms with Gasteiger partial charge in [-0.15, -0.1) is 0 Å². The van der Waals surface area contributed by atoms with Crippen molar-refractivity contribution in [2.45, 2.75) is 57.1 Å². The highest BCUT2D eigenvalue weighted by atomic mass is 32.1. The van der Waals surface area contributed by atoms with E-state index in [0.29, 0.717) is 17.8 Å². The Kier molecular flexibility index (Phi) is 5.27. The van der Waals surface area contributed by atoms with Gasteiger partial charge in [0, 0.05) is 11.6 Å².